The Bertz CT molecular complexity index is 2320. The largest absolute Gasteiger partial charge is 0.496 e. The van der Waals surface area contributed by atoms with E-state index in [1.807, 2.05) is 0 Å². The van der Waals surface area contributed by atoms with E-state index in [-0.39, 0.29) is 5.41 Å². The first kappa shape index (κ1) is 50.6. The van der Waals surface area contributed by atoms with Crippen LogP contribution in [-0.2, 0) is 5.41 Å². The smallest absolute Gasteiger partial charge is 0.127 e. The zero-order valence-electron chi connectivity index (χ0n) is 42.7. The van der Waals surface area contributed by atoms with Crippen LogP contribution in [0.25, 0.3) is 46.6 Å². The highest BCUT2D eigenvalue weighted by molar-refractivity contribution is 5.86. The van der Waals surface area contributed by atoms with Crippen molar-refractivity contribution in [2.45, 2.75) is 176 Å². The molecule has 0 fully saturated rings. The molecule has 0 radical (unpaired) electrons. The van der Waals surface area contributed by atoms with Crippen molar-refractivity contribution < 1.29 is 9.47 Å². The van der Waals surface area contributed by atoms with Crippen LogP contribution in [0.4, 0.5) is 0 Å². The average molecular weight is 885 g/mol. The second kappa shape index (κ2) is 25.4. The van der Waals surface area contributed by atoms with Gasteiger partial charge in [-0.1, -0.05) is 243 Å². The van der Waals surface area contributed by atoms with Gasteiger partial charge < -0.3 is 9.47 Å². The van der Waals surface area contributed by atoms with Gasteiger partial charge in [-0.15, -0.1) is 0 Å². The van der Waals surface area contributed by atoms with Crippen molar-refractivity contribution in [3.05, 3.63) is 141 Å². The minimum absolute atomic E-state index is 0.0201. The van der Waals surface area contributed by atoms with Crippen LogP contribution in [0, 0.1) is 33.6 Å². The summed E-state index contributed by atoms with van der Waals surface area (Å²) in [5, 5.41) is 0. The summed E-state index contributed by atoms with van der Waals surface area (Å²) >= 11 is 0. The van der Waals surface area contributed by atoms with Crippen LogP contribution in [0.1, 0.15) is 199 Å². The van der Waals surface area contributed by atoms with E-state index in [0.29, 0.717) is 5.92 Å². The number of benzene rings is 5. The number of hydrogen-bond donors (Lipinski definition) is 0. The first-order valence-electron chi connectivity index (χ1n) is 26.3. The molecule has 0 amide bonds. The maximum atomic E-state index is 6.84. The maximum Gasteiger partial charge on any atom is 0.127 e. The third-order valence-corrected chi connectivity index (χ3v) is 14.4. The van der Waals surface area contributed by atoms with E-state index in [1.54, 1.807) is 7.11 Å². The topological polar surface area (TPSA) is 18.5 Å². The minimum atomic E-state index is -0.0201. The lowest BCUT2D eigenvalue weighted by Gasteiger charge is -2.33. The quantitative estimate of drug-likeness (QED) is 0.0386. The number of aryl methyl sites for hydroxylation is 4. The van der Waals surface area contributed by atoms with Crippen LogP contribution in [0.3, 0.4) is 0 Å². The lowest BCUT2D eigenvalue weighted by atomic mass is 9.70. The monoisotopic (exact) mass is 885 g/mol. The molecule has 0 saturated heterocycles. The normalized spacial score (nSPS) is 13.4. The van der Waals surface area contributed by atoms with Gasteiger partial charge in [-0.3, -0.25) is 0 Å². The Morgan fingerprint density at radius 3 is 1.50 bits per heavy atom. The Labute approximate surface area is 402 Å². The van der Waals surface area contributed by atoms with Gasteiger partial charge in [0.2, 0.25) is 0 Å². The molecule has 0 spiro atoms. The lowest BCUT2D eigenvalue weighted by Crippen LogP contribution is -2.25. The van der Waals surface area contributed by atoms with E-state index >= 15 is 0 Å². The molecule has 0 N–H and O–H groups in total. The highest BCUT2D eigenvalue weighted by atomic mass is 16.5. The molecule has 0 heterocycles. The summed E-state index contributed by atoms with van der Waals surface area (Å²) in [5.74, 6) is 2.33. The Morgan fingerprint density at radius 1 is 0.470 bits per heavy atom. The fraction of sp³-hybridized carbons (Fsp3) is 0.469. The SMILES string of the molecule is CCCCCCCCC1(CCCCCCCC)c2cc(/C=C/c3cc(C)cc(C)c3)ccc2-c2ccc(/C=C/c3cc(OCC(CC)CCCC)c(-c4cc(C)cc(C)c4)cc3OC)cc21. The molecule has 5 aromatic carbocycles. The summed E-state index contributed by atoms with van der Waals surface area (Å²) in [6.07, 6.45) is 32.1. The molecule has 2 heteroatoms. The van der Waals surface area contributed by atoms with Gasteiger partial charge in [0.1, 0.15) is 11.5 Å². The molecule has 1 atom stereocenters. The molecule has 6 rings (SSSR count). The van der Waals surface area contributed by atoms with E-state index in [9.17, 15) is 0 Å². The average Bonchev–Trinajstić information content (AvgIpc) is 3.56. The molecule has 1 unspecified atom stereocenters. The molecule has 1 aliphatic rings. The number of ether oxygens (including phenoxy) is 2. The van der Waals surface area contributed by atoms with Crippen LogP contribution >= 0.6 is 0 Å². The van der Waals surface area contributed by atoms with Crippen molar-refractivity contribution in [1.29, 1.82) is 0 Å². The van der Waals surface area contributed by atoms with Gasteiger partial charge in [-0.2, -0.15) is 0 Å². The summed E-state index contributed by atoms with van der Waals surface area (Å²) in [7, 11) is 1.80. The standard InChI is InChI=1S/C64H84O2/c1-10-14-17-19-21-23-34-64(35-24-22-20-18-15-11-2)60-42-52(26-27-54-38-47(5)36-48(6)39-54)29-32-57(60)58-33-30-53(43-61(58)64)28-31-55-44-63(66-46-51(13-4)25-16-12-3)59(45-62(55)65-9)56-40-49(7)37-50(8)41-56/h26-33,36-45,51H,10-25,34-35,46H2,1-9H3/b27-26+,31-28+. The summed E-state index contributed by atoms with van der Waals surface area (Å²) < 4.78 is 13.0. The molecule has 0 aliphatic heterocycles. The zero-order chi connectivity index (χ0) is 46.9. The van der Waals surface area contributed by atoms with Crippen molar-refractivity contribution >= 4 is 24.3 Å². The van der Waals surface area contributed by atoms with E-state index in [4.69, 9.17) is 9.47 Å². The molecular formula is C64H84O2. The Morgan fingerprint density at radius 2 is 0.970 bits per heavy atom. The van der Waals surface area contributed by atoms with Crippen LogP contribution in [0.2, 0.25) is 0 Å². The molecule has 1 aliphatic carbocycles. The number of unbranched alkanes of at least 4 members (excludes halogenated alkanes) is 11. The van der Waals surface area contributed by atoms with Crippen molar-refractivity contribution in [1.82, 2.24) is 0 Å². The summed E-state index contributed by atoms with van der Waals surface area (Å²) in [6, 6.07) is 32.7. The van der Waals surface area contributed by atoms with Crippen molar-refractivity contribution in [3.8, 4) is 33.8 Å². The summed E-state index contributed by atoms with van der Waals surface area (Å²) in [5.41, 5.74) is 18.1. The van der Waals surface area contributed by atoms with Crippen LogP contribution < -0.4 is 9.47 Å². The van der Waals surface area contributed by atoms with Gasteiger partial charge >= 0.3 is 0 Å². The molecule has 2 nitrogen and oxygen atoms in total. The van der Waals surface area contributed by atoms with Crippen molar-refractivity contribution in [2.24, 2.45) is 5.92 Å². The van der Waals surface area contributed by atoms with Crippen LogP contribution in [0.15, 0.2) is 84.9 Å². The van der Waals surface area contributed by atoms with Crippen molar-refractivity contribution in [2.75, 3.05) is 13.7 Å². The van der Waals surface area contributed by atoms with Gasteiger partial charge in [0, 0.05) is 16.5 Å². The molecule has 66 heavy (non-hydrogen) atoms. The Balaban J connectivity index is 1.41. The molecular weight excluding hydrogens is 801 g/mol. The second-order valence-electron chi connectivity index (χ2n) is 20.0. The summed E-state index contributed by atoms with van der Waals surface area (Å²) in [6.45, 7) is 18.7. The predicted molar refractivity (Wildman–Crippen MR) is 289 cm³/mol. The number of rotatable bonds is 27. The van der Waals surface area contributed by atoms with Gasteiger partial charge in [-0.05, 0) is 110 Å². The maximum absolute atomic E-state index is 6.84. The molecule has 0 aromatic heterocycles. The third kappa shape index (κ3) is 13.4. The second-order valence-corrected chi connectivity index (χ2v) is 20.0. The number of methoxy groups -OCH3 is 1. The molecule has 0 saturated carbocycles. The van der Waals surface area contributed by atoms with Crippen molar-refractivity contribution in [3.63, 3.8) is 0 Å². The van der Waals surface area contributed by atoms with Gasteiger partial charge in [0.05, 0.1) is 13.7 Å². The first-order chi connectivity index (χ1) is 32.1. The first-order valence-corrected chi connectivity index (χ1v) is 26.3. The molecule has 5 aromatic rings. The van der Waals surface area contributed by atoms with E-state index in [0.717, 1.165) is 35.7 Å². The van der Waals surface area contributed by atoms with E-state index in [1.165, 1.54) is 176 Å². The predicted octanol–water partition coefficient (Wildman–Crippen LogP) is 19.3. The number of fused-ring (bicyclic) bond motifs is 3. The van der Waals surface area contributed by atoms with E-state index < -0.39 is 0 Å². The fourth-order valence-electron chi connectivity index (χ4n) is 10.8. The molecule has 0 bridgehead atoms. The molecule has 352 valence electrons. The highest BCUT2D eigenvalue weighted by Crippen LogP contribution is 2.55. The minimum Gasteiger partial charge on any atom is -0.496 e. The van der Waals surface area contributed by atoms with Gasteiger partial charge in [-0.25, -0.2) is 0 Å². The van der Waals surface area contributed by atoms with Gasteiger partial charge in [0.25, 0.3) is 0 Å². The fourth-order valence-corrected chi connectivity index (χ4v) is 10.8. The van der Waals surface area contributed by atoms with Crippen LogP contribution in [-0.4, -0.2) is 13.7 Å². The third-order valence-electron chi connectivity index (χ3n) is 14.4. The Hall–Kier alpha value is -4.82. The van der Waals surface area contributed by atoms with Gasteiger partial charge in [0.15, 0.2) is 0 Å². The van der Waals surface area contributed by atoms with E-state index in [2.05, 4.69) is 165 Å². The zero-order valence-corrected chi connectivity index (χ0v) is 42.7. The van der Waals surface area contributed by atoms with Crippen LogP contribution in [0.5, 0.6) is 11.5 Å². The Kier molecular flexibility index (Phi) is 19.4. The lowest BCUT2D eigenvalue weighted by molar-refractivity contribution is 0.234. The summed E-state index contributed by atoms with van der Waals surface area (Å²) in [4.78, 5) is 0. The highest BCUT2D eigenvalue weighted by Gasteiger charge is 2.42. The number of hydrogen-bond acceptors (Lipinski definition) is 2.